The zero-order chi connectivity index (χ0) is 13.0. The van der Waals surface area contributed by atoms with Gasteiger partial charge in [0, 0.05) is 12.5 Å². The fraction of sp³-hybridized carbons (Fsp3) is 0.857. The van der Waals surface area contributed by atoms with Crippen LogP contribution >= 0.6 is 15.9 Å². The van der Waals surface area contributed by atoms with Crippen LogP contribution in [0.1, 0.15) is 70.1 Å². The molecule has 4 heteroatoms. The van der Waals surface area contributed by atoms with Gasteiger partial charge in [-0.1, -0.05) is 54.5 Å². The summed E-state index contributed by atoms with van der Waals surface area (Å²) in [7, 11) is 0. The fourth-order valence-corrected chi connectivity index (χ4v) is 3.40. The van der Waals surface area contributed by atoms with Crippen molar-refractivity contribution < 1.29 is 0 Å². The maximum atomic E-state index is 4.42. The Kier molecular flexibility index (Phi) is 5.22. The summed E-state index contributed by atoms with van der Waals surface area (Å²) in [6.45, 7) is 4.43. The number of nitrogens with zero attached hydrogens (tertiary/aromatic N) is 3. The highest BCUT2D eigenvalue weighted by Crippen LogP contribution is 2.26. The van der Waals surface area contributed by atoms with Crippen molar-refractivity contribution in [1.29, 1.82) is 0 Å². The van der Waals surface area contributed by atoms with Gasteiger partial charge in [0.2, 0.25) is 0 Å². The minimum absolute atomic E-state index is 0.452. The number of alkyl halides is 1. The van der Waals surface area contributed by atoms with E-state index in [9.17, 15) is 0 Å². The van der Waals surface area contributed by atoms with Crippen molar-refractivity contribution >= 4 is 15.9 Å². The van der Waals surface area contributed by atoms with E-state index in [-0.39, 0.29) is 0 Å². The van der Waals surface area contributed by atoms with Gasteiger partial charge < -0.3 is 4.57 Å². The molecule has 3 nitrogen and oxygen atoms in total. The van der Waals surface area contributed by atoms with Gasteiger partial charge in [0.1, 0.15) is 11.6 Å². The van der Waals surface area contributed by atoms with Crippen LogP contribution in [0.25, 0.3) is 0 Å². The average molecular weight is 314 g/mol. The molecule has 1 aromatic heterocycles. The van der Waals surface area contributed by atoms with Gasteiger partial charge in [0.25, 0.3) is 0 Å². The van der Waals surface area contributed by atoms with Crippen LogP contribution in [0.2, 0.25) is 0 Å². The van der Waals surface area contributed by atoms with Gasteiger partial charge in [-0.3, -0.25) is 0 Å². The van der Waals surface area contributed by atoms with Gasteiger partial charge in [0.15, 0.2) is 0 Å². The second kappa shape index (κ2) is 6.69. The predicted molar refractivity (Wildman–Crippen MR) is 77.9 cm³/mol. The lowest BCUT2D eigenvalue weighted by atomic mass is 9.96. The summed E-state index contributed by atoms with van der Waals surface area (Å²) in [6, 6.07) is 0.452. The van der Waals surface area contributed by atoms with Gasteiger partial charge in [0.05, 0.1) is 5.33 Å². The van der Waals surface area contributed by atoms with E-state index in [0.717, 1.165) is 23.5 Å². The van der Waals surface area contributed by atoms with Crippen molar-refractivity contribution in [3.05, 3.63) is 11.6 Å². The largest absolute Gasteiger partial charge is 0.312 e. The summed E-state index contributed by atoms with van der Waals surface area (Å²) in [5.41, 5.74) is 0. The highest BCUT2D eigenvalue weighted by molar-refractivity contribution is 9.08. The predicted octanol–water partition coefficient (Wildman–Crippen LogP) is 4.27. The summed E-state index contributed by atoms with van der Waals surface area (Å²) in [4.78, 5) is 0. The van der Waals surface area contributed by atoms with Crippen molar-refractivity contribution in [2.75, 3.05) is 0 Å². The molecule has 0 aromatic carbocycles. The summed E-state index contributed by atoms with van der Waals surface area (Å²) in [5, 5.41) is 9.52. The van der Waals surface area contributed by atoms with E-state index >= 15 is 0 Å². The third-order valence-electron chi connectivity index (χ3n) is 3.92. The Labute approximate surface area is 118 Å². The lowest BCUT2D eigenvalue weighted by molar-refractivity contribution is 0.428. The number of aromatic nitrogens is 3. The Bertz CT molecular complexity index is 365. The van der Waals surface area contributed by atoms with Crippen LogP contribution in [-0.2, 0) is 11.8 Å². The maximum Gasteiger partial charge on any atom is 0.143 e. The van der Waals surface area contributed by atoms with Crippen LogP contribution in [0, 0.1) is 5.92 Å². The van der Waals surface area contributed by atoms with E-state index in [1.807, 2.05) is 0 Å². The molecule has 0 radical (unpaired) electrons. The molecule has 1 fully saturated rings. The smallest absolute Gasteiger partial charge is 0.143 e. The number of hydrogen-bond donors (Lipinski definition) is 0. The second-order valence-corrected chi connectivity index (χ2v) is 6.25. The quantitative estimate of drug-likeness (QED) is 0.614. The van der Waals surface area contributed by atoms with Gasteiger partial charge in [-0.15, -0.1) is 10.2 Å². The normalized spacial score (nSPS) is 18.2. The van der Waals surface area contributed by atoms with Crippen LogP contribution in [0.5, 0.6) is 0 Å². The molecule has 1 aliphatic carbocycles. The van der Waals surface area contributed by atoms with Crippen LogP contribution < -0.4 is 0 Å². The van der Waals surface area contributed by atoms with Gasteiger partial charge in [-0.05, 0) is 19.8 Å². The topological polar surface area (TPSA) is 30.7 Å². The van der Waals surface area contributed by atoms with E-state index in [1.165, 1.54) is 44.3 Å². The molecule has 0 N–H and O–H groups in total. The average Bonchev–Trinajstić information content (AvgIpc) is 2.57. The Morgan fingerprint density at radius 3 is 2.28 bits per heavy atom. The molecule has 0 amide bonds. The van der Waals surface area contributed by atoms with E-state index in [2.05, 4.69) is 44.5 Å². The molecule has 0 saturated heterocycles. The molecule has 1 saturated carbocycles. The molecule has 0 bridgehead atoms. The SMILES string of the molecule is CC(C)n1c(CBr)nnc1CC1CCCCCC1. The summed E-state index contributed by atoms with van der Waals surface area (Å²) in [6.07, 6.45) is 9.47. The molecule has 1 aliphatic rings. The third-order valence-corrected chi connectivity index (χ3v) is 4.42. The van der Waals surface area contributed by atoms with E-state index in [4.69, 9.17) is 0 Å². The molecule has 102 valence electrons. The molecular formula is C14H24BrN3. The van der Waals surface area contributed by atoms with Crippen LogP contribution in [0.4, 0.5) is 0 Å². The highest BCUT2D eigenvalue weighted by Gasteiger charge is 2.19. The molecule has 2 rings (SSSR count). The first-order chi connectivity index (χ1) is 8.72. The van der Waals surface area contributed by atoms with Crippen molar-refractivity contribution in [3.8, 4) is 0 Å². The first-order valence-electron chi connectivity index (χ1n) is 7.21. The molecule has 0 unspecified atom stereocenters. The van der Waals surface area contributed by atoms with Crippen LogP contribution in [0.15, 0.2) is 0 Å². The molecule has 1 aromatic rings. The molecule has 18 heavy (non-hydrogen) atoms. The maximum absolute atomic E-state index is 4.42. The Balaban J connectivity index is 2.10. The standard InChI is InChI=1S/C14H24BrN3/c1-11(2)18-13(16-17-14(18)10-15)9-12-7-5-3-4-6-8-12/h11-12H,3-10H2,1-2H3. The lowest BCUT2D eigenvalue weighted by Gasteiger charge is -2.17. The molecule has 0 atom stereocenters. The monoisotopic (exact) mass is 313 g/mol. The zero-order valence-corrected chi connectivity index (χ0v) is 13.1. The van der Waals surface area contributed by atoms with E-state index in [1.54, 1.807) is 0 Å². The van der Waals surface area contributed by atoms with Crippen molar-refractivity contribution in [2.45, 2.75) is 70.2 Å². The first kappa shape index (κ1) is 14.0. The number of halogens is 1. The minimum Gasteiger partial charge on any atom is -0.312 e. The molecular weight excluding hydrogens is 290 g/mol. The summed E-state index contributed by atoms with van der Waals surface area (Å²) >= 11 is 3.50. The second-order valence-electron chi connectivity index (χ2n) is 5.69. The molecule has 1 heterocycles. The van der Waals surface area contributed by atoms with Gasteiger partial charge >= 0.3 is 0 Å². The van der Waals surface area contributed by atoms with Crippen LogP contribution in [-0.4, -0.2) is 14.8 Å². The van der Waals surface area contributed by atoms with E-state index in [0.29, 0.717) is 6.04 Å². The molecule has 0 aliphatic heterocycles. The van der Waals surface area contributed by atoms with Gasteiger partial charge in [-0.2, -0.15) is 0 Å². The Morgan fingerprint density at radius 1 is 1.11 bits per heavy atom. The van der Waals surface area contributed by atoms with Crippen molar-refractivity contribution in [2.24, 2.45) is 5.92 Å². The highest BCUT2D eigenvalue weighted by atomic mass is 79.9. The van der Waals surface area contributed by atoms with Crippen molar-refractivity contribution in [3.63, 3.8) is 0 Å². The lowest BCUT2D eigenvalue weighted by Crippen LogP contribution is -2.13. The summed E-state index contributed by atoms with van der Waals surface area (Å²) in [5.74, 6) is 3.07. The van der Waals surface area contributed by atoms with Crippen LogP contribution in [0.3, 0.4) is 0 Å². The Hall–Kier alpha value is -0.380. The van der Waals surface area contributed by atoms with Gasteiger partial charge in [-0.25, -0.2) is 0 Å². The molecule has 0 spiro atoms. The van der Waals surface area contributed by atoms with Crippen molar-refractivity contribution in [1.82, 2.24) is 14.8 Å². The Morgan fingerprint density at radius 2 is 1.72 bits per heavy atom. The fourth-order valence-electron chi connectivity index (χ4n) is 3.01. The zero-order valence-electron chi connectivity index (χ0n) is 11.5. The number of hydrogen-bond acceptors (Lipinski definition) is 2. The first-order valence-corrected chi connectivity index (χ1v) is 8.33. The summed E-state index contributed by atoms with van der Waals surface area (Å²) < 4.78 is 2.31. The third kappa shape index (κ3) is 3.34. The van der Waals surface area contributed by atoms with E-state index < -0.39 is 0 Å². The number of rotatable bonds is 4. The minimum atomic E-state index is 0.452.